The number of thiazole rings is 1. The zero-order valence-electron chi connectivity index (χ0n) is 15.6. The number of para-hydroxylation sites is 1. The number of non-ortho nitro benzene ring substituents is 1. The Balaban J connectivity index is 1.56. The Labute approximate surface area is 171 Å². The summed E-state index contributed by atoms with van der Waals surface area (Å²) in [4.78, 5) is 19.7. The van der Waals surface area contributed by atoms with Crippen LogP contribution < -0.4 is 0 Å². The number of hydrogen-bond acceptors (Lipinski definition) is 5. The molecule has 29 heavy (non-hydrogen) atoms. The van der Waals surface area contributed by atoms with Crippen molar-refractivity contribution in [3.8, 4) is 10.6 Å². The van der Waals surface area contributed by atoms with E-state index in [0.29, 0.717) is 0 Å². The summed E-state index contributed by atoms with van der Waals surface area (Å²) in [6.07, 6.45) is 5.27. The van der Waals surface area contributed by atoms with Crippen molar-refractivity contribution in [1.82, 2.24) is 4.98 Å². The number of rotatable bonds is 5. The number of hydrogen-bond donors (Lipinski definition) is 0. The van der Waals surface area contributed by atoms with E-state index in [1.54, 1.807) is 35.8 Å². The van der Waals surface area contributed by atoms with E-state index in [2.05, 4.69) is 17.1 Å². The highest BCUT2D eigenvalue weighted by molar-refractivity contribution is 7.21. The number of nitrogens with zero attached hydrogens (tertiary/aromatic N) is 3. The maximum atomic E-state index is 10.9. The summed E-state index contributed by atoms with van der Waals surface area (Å²) < 4.78 is 1.16. The third kappa shape index (κ3) is 4.28. The van der Waals surface area contributed by atoms with Crippen LogP contribution in [0.15, 0.2) is 77.8 Å². The molecule has 5 nitrogen and oxygen atoms in total. The molecule has 4 rings (SSSR count). The second-order valence-electron chi connectivity index (χ2n) is 6.48. The van der Waals surface area contributed by atoms with Crippen LogP contribution in [0.5, 0.6) is 0 Å². The molecule has 0 amide bonds. The molecule has 0 aliphatic rings. The van der Waals surface area contributed by atoms with E-state index < -0.39 is 4.92 Å². The van der Waals surface area contributed by atoms with Crippen molar-refractivity contribution in [1.29, 1.82) is 0 Å². The van der Waals surface area contributed by atoms with Gasteiger partial charge in [0.05, 0.1) is 20.8 Å². The van der Waals surface area contributed by atoms with E-state index >= 15 is 0 Å². The van der Waals surface area contributed by atoms with E-state index in [0.717, 1.165) is 37.6 Å². The molecule has 0 saturated carbocycles. The van der Waals surface area contributed by atoms with Gasteiger partial charge in [-0.25, -0.2) is 4.98 Å². The largest absolute Gasteiger partial charge is 0.270 e. The standard InChI is InChI=1S/C23H17N3O2S/c1-16-11-12-18(23-25-20-9-2-3-10-22(20)29-23)15-21(16)24-13-5-7-17-6-4-8-19(14-17)26(27)28/h2-15H,1H3. The molecule has 0 aliphatic heterocycles. The van der Waals surface area contributed by atoms with Gasteiger partial charge in [-0.05, 0) is 42.3 Å². The van der Waals surface area contributed by atoms with E-state index in [-0.39, 0.29) is 5.69 Å². The van der Waals surface area contributed by atoms with E-state index in [4.69, 9.17) is 4.98 Å². The minimum atomic E-state index is -0.400. The molecule has 0 atom stereocenters. The van der Waals surface area contributed by atoms with Crippen molar-refractivity contribution in [2.24, 2.45) is 4.99 Å². The fourth-order valence-electron chi connectivity index (χ4n) is 2.90. The van der Waals surface area contributed by atoms with Crippen LogP contribution in [0.4, 0.5) is 11.4 Å². The highest BCUT2D eigenvalue weighted by Gasteiger charge is 2.07. The number of fused-ring (bicyclic) bond motifs is 1. The minimum absolute atomic E-state index is 0.0727. The summed E-state index contributed by atoms with van der Waals surface area (Å²) in [5, 5.41) is 11.8. The van der Waals surface area contributed by atoms with Gasteiger partial charge in [-0.2, -0.15) is 0 Å². The summed E-state index contributed by atoms with van der Waals surface area (Å²) in [5.74, 6) is 0. The van der Waals surface area contributed by atoms with Crippen molar-refractivity contribution in [3.63, 3.8) is 0 Å². The third-order valence-corrected chi connectivity index (χ3v) is 5.50. The topological polar surface area (TPSA) is 68.4 Å². The van der Waals surface area contributed by atoms with Crippen LogP contribution >= 0.6 is 11.3 Å². The maximum Gasteiger partial charge on any atom is 0.270 e. The lowest BCUT2D eigenvalue weighted by atomic mass is 10.1. The minimum Gasteiger partial charge on any atom is -0.258 e. The molecule has 0 spiro atoms. The Morgan fingerprint density at radius 3 is 2.76 bits per heavy atom. The third-order valence-electron chi connectivity index (χ3n) is 4.42. The first-order chi connectivity index (χ1) is 14.1. The second-order valence-corrected chi connectivity index (χ2v) is 7.51. The van der Waals surface area contributed by atoms with Gasteiger partial charge in [-0.15, -0.1) is 11.3 Å². The molecule has 0 unspecified atom stereocenters. The van der Waals surface area contributed by atoms with Crippen molar-refractivity contribution in [3.05, 3.63) is 94.0 Å². The predicted octanol–water partition coefficient (Wildman–Crippen LogP) is 6.60. The molecule has 3 aromatic carbocycles. The smallest absolute Gasteiger partial charge is 0.258 e. The molecule has 142 valence electrons. The Hall–Kier alpha value is -3.64. The molecule has 6 heteroatoms. The maximum absolute atomic E-state index is 10.9. The number of nitro benzene ring substituents is 1. The number of aromatic nitrogens is 1. The number of aliphatic imine (C=N–C) groups is 1. The summed E-state index contributed by atoms with van der Waals surface area (Å²) in [6, 6.07) is 20.7. The Morgan fingerprint density at radius 1 is 1.07 bits per heavy atom. The van der Waals surface area contributed by atoms with E-state index in [9.17, 15) is 10.1 Å². The first-order valence-electron chi connectivity index (χ1n) is 9.02. The lowest BCUT2D eigenvalue weighted by molar-refractivity contribution is -0.384. The highest BCUT2D eigenvalue weighted by Crippen LogP contribution is 2.33. The fraction of sp³-hybridized carbons (Fsp3) is 0.0435. The number of aryl methyl sites for hydroxylation is 1. The monoisotopic (exact) mass is 399 g/mol. The molecular formula is C23H17N3O2S. The van der Waals surface area contributed by atoms with Gasteiger partial charge in [0.2, 0.25) is 0 Å². The van der Waals surface area contributed by atoms with Crippen molar-refractivity contribution < 1.29 is 4.92 Å². The van der Waals surface area contributed by atoms with Crippen molar-refractivity contribution in [2.75, 3.05) is 0 Å². The average Bonchev–Trinajstić information content (AvgIpc) is 3.17. The van der Waals surface area contributed by atoms with Gasteiger partial charge in [0, 0.05) is 23.9 Å². The van der Waals surface area contributed by atoms with Crippen LogP contribution in [0.1, 0.15) is 11.1 Å². The van der Waals surface area contributed by atoms with Crippen LogP contribution in [0.2, 0.25) is 0 Å². The van der Waals surface area contributed by atoms with Crippen LogP contribution in [-0.2, 0) is 0 Å². The molecule has 1 aromatic heterocycles. The SMILES string of the molecule is Cc1ccc(-c2nc3ccccc3s2)cc1N=CC=Cc1cccc([N+](=O)[O-])c1. The number of allylic oxidation sites excluding steroid dienone is 1. The molecule has 0 radical (unpaired) electrons. The lowest BCUT2D eigenvalue weighted by Gasteiger charge is -2.02. The summed E-state index contributed by atoms with van der Waals surface area (Å²) in [7, 11) is 0. The summed E-state index contributed by atoms with van der Waals surface area (Å²) in [6.45, 7) is 2.01. The zero-order valence-corrected chi connectivity index (χ0v) is 16.5. The van der Waals surface area contributed by atoms with Crippen LogP contribution in [0.25, 0.3) is 26.9 Å². The van der Waals surface area contributed by atoms with Crippen molar-refractivity contribution >= 4 is 45.2 Å². The Kier molecular flexibility index (Phi) is 5.27. The van der Waals surface area contributed by atoms with E-state index in [1.807, 2.05) is 43.3 Å². The summed E-state index contributed by atoms with van der Waals surface area (Å²) in [5.41, 5.74) is 4.79. The van der Waals surface area contributed by atoms with Gasteiger partial charge in [-0.1, -0.05) is 42.5 Å². The van der Waals surface area contributed by atoms with Gasteiger partial charge >= 0.3 is 0 Å². The second kappa shape index (κ2) is 8.16. The highest BCUT2D eigenvalue weighted by atomic mass is 32.1. The molecule has 0 aliphatic carbocycles. The summed E-state index contributed by atoms with van der Waals surface area (Å²) >= 11 is 1.66. The van der Waals surface area contributed by atoms with E-state index in [1.165, 1.54) is 12.1 Å². The number of nitro groups is 1. The van der Waals surface area contributed by atoms with Gasteiger partial charge < -0.3 is 0 Å². The molecule has 4 aromatic rings. The molecule has 1 heterocycles. The quantitative estimate of drug-likeness (QED) is 0.216. The normalized spacial score (nSPS) is 11.6. The Morgan fingerprint density at radius 2 is 1.93 bits per heavy atom. The molecular weight excluding hydrogens is 382 g/mol. The van der Waals surface area contributed by atoms with Crippen LogP contribution in [0, 0.1) is 17.0 Å². The average molecular weight is 399 g/mol. The number of benzene rings is 3. The lowest BCUT2D eigenvalue weighted by Crippen LogP contribution is -1.87. The Bertz CT molecular complexity index is 1220. The zero-order chi connectivity index (χ0) is 20.2. The predicted molar refractivity (Wildman–Crippen MR) is 120 cm³/mol. The first-order valence-corrected chi connectivity index (χ1v) is 9.83. The van der Waals surface area contributed by atoms with Crippen LogP contribution in [-0.4, -0.2) is 16.1 Å². The van der Waals surface area contributed by atoms with Gasteiger partial charge in [0.25, 0.3) is 5.69 Å². The van der Waals surface area contributed by atoms with Crippen molar-refractivity contribution in [2.45, 2.75) is 6.92 Å². The van der Waals surface area contributed by atoms with Gasteiger partial charge in [-0.3, -0.25) is 15.1 Å². The first kappa shape index (κ1) is 18.7. The fourth-order valence-corrected chi connectivity index (χ4v) is 3.86. The van der Waals surface area contributed by atoms with Gasteiger partial charge in [0.1, 0.15) is 5.01 Å². The van der Waals surface area contributed by atoms with Crippen LogP contribution in [0.3, 0.4) is 0 Å². The van der Waals surface area contributed by atoms with Gasteiger partial charge in [0.15, 0.2) is 0 Å². The molecule has 0 saturated heterocycles. The molecule has 0 fully saturated rings. The molecule has 0 N–H and O–H groups in total. The molecule has 0 bridgehead atoms.